The predicted molar refractivity (Wildman–Crippen MR) is 56.7 cm³/mol. The predicted octanol–water partition coefficient (Wildman–Crippen LogP) is 4.27. The van der Waals surface area contributed by atoms with Crippen LogP contribution in [0.5, 0.6) is 0 Å². The highest BCUT2D eigenvalue weighted by atomic mass is 80.9. The summed E-state index contributed by atoms with van der Waals surface area (Å²) in [4.78, 5) is 0. The minimum atomic E-state index is 1.05. The van der Waals surface area contributed by atoms with Crippen molar-refractivity contribution in [2.75, 3.05) is 10.7 Å². The fraction of sp³-hybridized carbons (Fsp3) is 0.500. The van der Waals surface area contributed by atoms with Crippen molar-refractivity contribution in [2.24, 2.45) is 0 Å². The molecule has 0 fully saturated rings. The molecule has 8 heavy (non-hydrogen) atoms. The maximum atomic E-state index is 3.20. The molecular formula is C4H8Br4. The molecule has 0 saturated heterocycles. The van der Waals surface area contributed by atoms with Gasteiger partial charge in [-0.05, 0) is 0 Å². The molecule has 0 heterocycles. The molecule has 0 saturated carbocycles. The van der Waals surface area contributed by atoms with Crippen molar-refractivity contribution in [1.82, 2.24) is 0 Å². The third kappa shape index (κ3) is 48.0. The second-order valence-electron chi connectivity index (χ2n) is 0.378. The van der Waals surface area contributed by atoms with Gasteiger partial charge >= 0.3 is 0 Å². The van der Waals surface area contributed by atoms with E-state index in [0.717, 1.165) is 10.7 Å². The van der Waals surface area contributed by atoms with Gasteiger partial charge in [0.1, 0.15) is 0 Å². The Kier molecular flexibility index (Phi) is 77.4. The monoisotopic (exact) mass is 372 g/mol. The van der Waals surface area contributed by atoms with Crippen molar-refractivity contribution in [2.45, 2.75) is 0 Å². The summed E-state index contributed by atoms with van der Waals surface area (Å²) >= 11 is 11.9. The highest BCUT2D eigenvalue weighted by Gasteiger charge is 1.60. The molecule has 0 bridgehead atoms. The van der Waals surface area contributed by atoms with Crippen LogP contribution >= 0.6 is 60.1 Å². The van der Waals surface area contributed by atoms with Crippen molar-refractivity contribution < 1.29 is 0 Å². The van der Waals surface area contributed by atoms with Crippen LogP contribution in [0.1, 0.15) is 0 Å². The largest absolute Gasteiger partial charge is 0.106 e. The molecule has 0 radical (unpaired) electrons. The van der Waals surface area contributed by atoms with Gasteiger partial charge in [0, 0.05) is 38.9 Å². The zero-order valence-corrected chi connectivity index (χ0v) is 10.7. The molecule has 0 N–H and O–H groups in total. The highest BCUT2D eigenvalue weighted by Crippen LogP contribution is 1.85. The number of hydrogen-bond acceptors (Lipinski definition) is 0. The van der Waals surface area contributed by atoms with Gasteiger partial charge in [-0.1, -0.05) is 31.9 Å². The van der Waals surface area contributed by atoms with E-state index in [9.17, 15) is 0 Å². The van der Waals surface area contributed by atoms with Crippen LogP contribution in [0.4, 0.5) is 0 Å². The number of halogens is 4. The smallest absolute Gasteiger partial charge is 0.0129 e. The molecule has 0 aromatic rings. The van der Waals surface area contributed by atoms with Crippen LogP contribution in [0, 0.1) is 0 Å². The molecule has 0 rings (SSSR count). The quantitative estimate of drug-likeness (QED) is 0.474. The number of rotatable bonds is 1. The number of hydrogen-bond donors (Lipinski definition) is 0. The molecule has 0 atom stereocenters. The number of alkyl halides is 2. The molecule has 0 aromatic heterocycles. The van der Waals surface area contributed by atoms with E-state index < -0.39 is 0 Å². The SMILES string of the molecule is BrBr.BrCCBr.C=C. The Morgan fingerprint density at radius 2 is 1.00 bits per heavy atom. The van der Waals surface area contributed by atoms with E-state index in [1.54, 1.807) is 0 Å². The lowest BCUT2D eigenvalue weighted by Gasteiger charge is -1.63. The van der Waals surface area contributed by atoms with Gasteiger partial charge in [-0.3, -0.25) is 0 Å². The molecule has 0 aliphatic rings. The highest BCUT2D eigenvalue weighted by molar-refractivity contribution is 9.93. The molecular weight excluding hydrogens is 368 g/mol. The first-order valence-corrected chi connectivity index (χ1v) is 7.63. The van der Waals surface area contributed by atoms with Gasteiger partial charge in [-0.25, -0.2) is 0 Å². The molecule has 0 spiro atoms. The minimum absolute atomic E-state index is 1.05. The lowest BCUT2D eigenvalue weighted by atomic mass is 11.0. The van der Waals surface area contributed by atoms with Gasteiger partial charge in [-0.15, -0.1) is 13.2 Å². The molecule has 0 nitrogen and oxygen atoms in total. The van der Waals surface area contributed by atoms with E-state index >= 15 is 0 Å². The van der Waals surface area contributed by atoms with Gasteiger partial charge in [0.15, 0.2) is 0 Å². The van der Waals surface area contributed by atoms with Crippen LogP contribution in [0.25, 0.3) is 0 Å². The molecule has 52 valence electrons. The average molecular weight is 376 g/mol. The summed E-state index contributed by atoms with van der Waals surface area (Å²) in [5.41, 5.74) is 0. The minimum Gasteiger partial charge on any atom is -0.106 e. The topological polar surface area (TPSA) is 0 Å². The lowest BCUT2D eigenvalue weighted by molar-refractivity contribution is 1.62. The van der Waals surface area contributed by atoms with E-state index in [4.69, 9.17) is 0 Å². The summed E-state index contributed by atoms with van der Waals surface area (Å²) in [5.74, 6) is 0. The van der Waals surface area contributed by atoms with Gasteiger partial charge in [-0.2, -0.15) is 0 Å². The van der Waals surface area contributed by atoms with Crippen LogP contribution in [0.15, 0.2) is 13.2 Å². The average Bonchev–Trinajstić information content (AvgIpc) is 1.96. The standard InChI is InChI=1S/C2H4Br2.C2H4.Br2/c3-1-2-4;2*1-2/h1-2H2;1-2H2;. The normalized spacial score (nSPS) is 5.00. The van der Waals surface area contributed by atoms with Gasteiger partial charge < -0.3 is 0 Å². The van der Waals surface area contributed by atoms with E-state index in [1.165, 1.54) is 0 Å². The first kappa shape index (κ1) is 16.3. The Balaban J connectivity index is -0.0000000542. The van der Waals surface area contributed by atoms with E-state index in [1.807, 2.05) is 0 Å². The second-order valence-corrected chi connectivity index (χ2v) is 1.96. The molecule has 0 unspecified atom stereocenters. The van der Waals surface area contributed by atoms with Crippen molar-refractivity contribution in [3.63, 3.8) is 0 Å². The lowest BCUT2D eigenvalue weighted by Crippen LogP contribution is -1.61. The van der Waals surface area contributed by atoms with Crippen molar-refractivity contribution in [1.29, 1.82) is 0 Å². The van der Waals surface area contributed by atoms with Crippen molar-refractivity contribution in [3.8, 4) is 0 Å². The maximum absolute atomic E-state index is 3.20. The van der Waals surface area contributed by atoms with Gasteiger partial charge in [0.2, 0.25) is 0 Å². The fourth-order valence-electron chi connectivity index (χ4n) is 0. The van der Waals surface area contributed by atoms with Crippen LogP contribution in [0.3, 0.4) is 0 Å². The Bertz CT molecular complexity index is 15.5. The summed E-state index contributed by atoms with van der Waals surface area (Å²) in [5, 5.41) is 2.10. The fourth-order valence-corrected chi connectivity index (χ4v) is 0. The summed E-state index contributed by atoms with van der Waals surface area (Å²) in [7, 11) is 0. The van der Waals surface area contributed by atoms with E-state index in [0.29, 0.717) is 0 Å². The third-order valence-electron chi connectivity index (χ3n) is 0.0714. The van der Waals surface area contributed by atoms with Crippen LogP contribution < -0.4 is 0 Å². The summed E-state index contributed by atoms with van der Waals surface area (Å²) in [6, 6.07) is 0. The molecule has 4 heteroatoms. The Morgan fingerprint density at radius 3 is 1.00 bits per heavy atom. The summed E-state index contributed by atoms with van der Waals surface area (Å²) < 4.78 is 0. The van der Waals surface area contributed by atoms with Gasteiger partial charge in [0.25, 0.3) is 0 Å². The summed E-state index contributed by atoms with van der Waals surface area (Å²) in [6.45, 7) is 6.00. The molecule has 0 amide bonds. The van der Waals surface area contributed by atoms with Crippen molar-refractivity contribution >= 4 is 60.1 Å². The van der Waals surface area contributed by atoms with Crippen molar-refractivity contribution in [3.05, 3.63) is 13.2 Å². The molecule has 0 aliphatic heterocycles. The van der Waals surface area contributed by atoms with Gasteiger partial charge in [0.05, 0.1) is 0 Å². The van der Waals surface area contributed by atoms with Crippen LogP contribution in [-0.2, 0) is 0 Å². The summed E-state index contributed by atoms with van der Waals surface area (Å²) in [6.07, 6.45) is 0. The third-order valence-corrected chi connectivity index (χ3v) is 1.93. The van der Waals surface area contributed by atoms with Crippen LogP contribution in [-0.4, -0.2) is 10.7 Å². The zero-order valence-electron chi connectivity index (χ0n) is 4.34. The molecule has 0 aliphatic carbocycles. The zero-order chi connectivity index (χ0) is 7.41. The first-order valence-electron chi connectivity index (χ1n) is 1.68. The Hall–Kier alpha value is 1.66. The Labute approximate surface area is 83.2 Å². The molecule has 0 aromatic carbocycles. The maximum Gasteiger partial charge on any atom is 0.0129 e. The first-order chi connectivity index (χ1) is 3.91. The van der Waals surface area contributed by atoms with E-state index in [-0.39, 0.29) is 0 Å². The second kappa shape index (κ2) is 37.9. The Morgan fingerprint density at radius 1 is 0.875 bits per heavy atom. The van der Waals surface area contributed by atoms with E-state index in [2.05, 4.69) is 73.3 Å². The van der Waals surface area contributed by atoms with Crippen LogP contribution in [0.2, 0.25) is 0 Å².